The average molecular weight is 276 g/mol. The summed E-state index contributed by atoms with van der Waals surface area (Å²) < 4.78 is 0. The molecule has 2 N–H and O–H groups in total. The lowest BCUT2D eigenvalue weighted by atomic mass is 10.4. The Kier molecular flexibility index (Phi) is 4.97. The molecule has 0 aliphatic rings. The van der Waals surface area contributed by atoms with Crippen LogP contribution < -0.4 is 5.73 Å². The summed E-state index contributed by atoms with van der Waals surface area (Å²) in [6.45, 7) is 2.39. The van der Waals surface area contributed by atoms with Gasteiger partial charge in [-0.1, -0.05) is 17.9 Å². The van der Waals surface area contributed by atoms with Crippen LogP contribution in [0.3, 0.4) is 0 Å². The lowest BCUT2D eigenvalue weighted by molar-refractivity contribution is 0.325. The molecular weight excluding hydrogens is 260 g/mol. The molecule has 2 aromatic rings. The van der Waals surface area contributed by atoms with E-state index in [9.17, 15) is 0 Å². The third kappa shape index (κ3) is 3.97. The molecule has 0 fully saturated rings. The Balaban J connectivity index is 1.90. The van der Waals surface area contributed by atoms with E-state index in [0.717, 1.165) is 18.0 Å². The van der Waals surface area contributed by atoms with Gasteiger partial charge in [0.15, 0.2) is 0 Å². The summed E-state index contributed by atoms with van der Waals surface area (Å²) in [5.41, 5.74) is 5.36. The van der Waals surface area contributed by atoms with Crippen molar-refractivity contribution in [2.24, 2.45) is 5.73 Å². The summed E-state index contributed by atoms with van der Waals surface area (Å²) in [5.74, 6) is 5.95. The Morgan fingerprint density at radius 1 is 1.22 bits per heavy atom. The molecule has 2 heterocycles. The lowest BCUT2D eigenvalue weighted by Crippen LogP contribution is -2.15. The molecule has 2 nitrogen and oxygen atoms in total. The maximum atomic E-state index is 5.36. The highest BCUT2D eigenvalue weighted by molar-refractivity contribution is 7.12. The third-order valence-corrected chi connectivity index (χ3v) is 4.25. The minimum absolute atomic E-state index is 0.422. The minimum atomic E-state index is 0.422. The fourth-order valence-electron chi connectivity index (χ4n) is 1.66. The first-order chi connectivity index (χ1) is 8.78. The molecule has 2 aromatic heterocycles. The maximum absolute atomic E-state index is 5.36. The molecular formula is C14H16N2S2. The SMILES string of the molecule is CN(Cc1cccs1)Cc1ccc(C#CCN)s1. The van der Waals surface area contributed by atoms with Crippen molar-refractivity contribution in [3.05, 3.63) is 44.3 Å². The quantitative estimate of drug-likeness (QED) is 0.870. The smallest absolute Gasteiger partial charge is 0.0772 e. The Hall–Kier alpha value is -1.12. The van der Waals surface area contributed by atoms with E-state index in [1.165, 1.54) is 9.75 Å². The molecule has 0 bridgehead atoms. The van der Waals surface area contributed by atoms with Crippen LogP contribution in [0.15, 0.2) is 29.6 Å². The van der Waals surface area contributed by atoms with Crippen LogP contribution in [-0.4, -0.2) is 18.5 Å². The van der Waals surface area contributed by atoms with Crippen LogP contribution in [0.4, 0.5) is 0 Å². The van der Waals surface area contributed by atoms with Gasteiger partial charge in [0.2, 0.25) is 0 Å². The van der Waals surface area contributed by atoms with Crippen LogP contribution >= 0.6 is 22.7 Å². The zero-order chi connectivity index (χ0) is 12.8. The monoisotopic (exact) mass is 276 g/mol. The van der Waals surface area contributed by atoms with Gasteiger partial charge in [-0.25, -0.2) is 0 Å². The van der Waals surface area contributed by atoms with Gasteiger partial charge in [0.1, 0.15) is 0 Å². The van der Waals surface area contributed by atoms with E-state index in [-0.39, 0.29) is 0 Å². The number of nitrogens with two attached hydrogens (primary N) is 1. The first-order valence-corrected chi connectivity index (χ1v) is 7.46. The van der Waals surface area contributed by atoms with Crippen molar-refractivity contribution >= 4 is 22.7 Å². The van der Waals surface area contributed by atoms with Gasteiger partial charge in [-0.3, -0.25) is 4.90 Å². The molecule has 18 heavy (non-hydrogen) atoms. The molecule has 0 amide bonds. The molecule has 0 radical (unpaired) electrons. The fraction of sp³-hybridized carbons (Fsp3) is 0.286. The third-order valence-electron chi connectivity index (χ3n) is 2.41. The van der Waals surface area contributed by atoms with Crippen LogP contribution in [0, 0.1) is 11.8 Å². The number of nitrogens with zero attached hydrogens (tertiary/aromatic N) is 1. The van der Waals surface area contributed by atoms with Gasteiger partial charge in [0.25, 0.3) is 0 Å². The van der Waals surface area contributed by atoms with Crippen LogP contribution in [0.5, 0.6) is 0 Å². The summed E-state index contributed by atoms with van der Waals surface area (Å²) in [5, 5.41) is 2.12. The average Bonchev–Trinajstić information content (AvgIpc) is 2.98. The molecule has 0 saturated carbocycles. The topological polar surface area (TPSA) is 29.3 Å². The van der Waals surface area contributed by atoms with Crippen molar-refractivity contribution < 1.29 is 0 Å². The maximum Gasteiger partial charge on any atom is 0.0772 e. The van der Waals surface area contributed by atoms with E-state index in [1.54, 1.807) is 22.7 Å². The van der Waals surface area contributed by atoms with Gasteiger partial charge >= 0.3 is 0 Å². The molecule has 0 saturated heterocycles. The van der Waals surface area contributed by atoms with Crippen LogP contribution in [-0.2, 0) is 13.1 Å². The number of thiophene rings is 2. The van der Waals surface area contributed by atoms with E-state index in [1.807, 2.05) is 0 Å². The van der Waals surface area contributed by atoms with Crippen LogP contribution in [0.2, 0.25) is 0 Å². The van der Waals surface area contributed by atoms with E-state index in [2.05, 4.69) is 53.4 Å². The molecule has 94 valence electrons. The van der Waals surface area contributed by atoms with Crippen molar-refractivity contribution in [1.29, 1.82) is 0 Å². The van der Waals surface area contributed by atoms with Crippen LogP contribution in [0.25, 0.3) is 0 Å². The first kappa shape index (κ1) is 13.3. The number of hydrogen-bond donors (Lipinski definition) is 1. The molecule has 4 heteroatoms. The zero-order valence-corrected chi connectivity index (χ0v) is 12.0. The fourth-order valence-corrected chi connectivity index (χ4v) is 3.41. The Labute approximate surface area is 116 Å². The second-order valence-electron chi connectivity index (χ2n) is 4.02. The first-order valence-electron chi connectivity index (χ1n) is 5.76. The highest BCUT2D eigenvalue weighted by atomic mass is 32.1. The second-order valence-corrected chi connectivity index (χ2v) is 6.22. The molecule has 0 unspecified atom stereocenters. The molecule has 0 aliphatic carbocycles. The lowest BCUT2D eigenvalue weighted by Gasteiger charge is -2.13. The van der Waals surface area contributed by atoms with Crippen molar-refractivity contribution in [3.63, 3.8) is 0 Å². The van der Waals surface area contributed by atoms with Gasteiger partial charge in [-0.15, -0.1) is 22.7 Å². The number of rotatable bonds is 4. The summed E-state index contributed by atoms with van der Waals surface area (Å²) in [4.78, 5) is 6.16. The normalized spacial score (nSPS) is 10.4. The molecule has 0 aliphatic heterocycles. The van der Waals surface area contributed by atoms with Gasteiger partial charge < -0.3 is 5.73 Å². The Morgan fingerprint density at radius 3 is 2.78 bits per heavy atom. The summed E-state index contributed by atoms with van der Waals surface area (Å²) in [6.07, 6.45) is 0. The van der Waals surface area contributed by atoms with Crippen molar-refractivity contribution in [2.45, 2.75) is 13.1 Å². The molecule has 0 aromatic carbocycles. The van der Waals surface area contributed by atoms with E-state index in [0.29, 0.717) is 6.54 Å². The van der Waals surface area contributed by atoms with E-state index < -0.39 is 0 Å². The van der Waals surface area contributed by atoms with Crippen molar-refractivity contribution in [2.75, 3.05) is 13.6 Å². The highest BCUT2D eigenvalue weighted by Gasteiger charge is 2.04. The Bertz CT molecular complexity index is 532. The predicted octanol–water partition coefficient (Wildman–Crippen LogP) is 2.75. The van der Waals surface area contributed by atoms with Gasteiger partial charge in [-0.05, 0) is 30.6 Å². The largest absolute Gasteiger partial charge is 0.320 e. The number of hydrogen-bond acceptors (Lipinski definition) is 4. The van der Waals surface area contributed by atoms with Gasteiger partial charge in [0.05, 0.1) is 11.4 Å². The standard InChI is InChI=1S/C14H16N2S2/c1-16(10-13-5-3-9-17-13)11-14-7-6-12(18-14)4-2-8-15/h3,5-7,9H,8,10-11,15H2,1H3. The van der Waals surface area contributed by atoms with Gasteiger partial charge in [-0.2, -0.15) is 0 Å². The molecule has 2 rings (SSSR count). The highest BCUT2D eigenvalue weighted by Crippen LogP contribution is 2.18. The zero-order valence-electron chi connectivity index (χ0n) is 10.3. The minimum Gasteiger partial charge on any atom is -0.320 e. The van der Waals surface area contributed by atoms with Crippen molar-refractivity contribution in [3.8, 4) is 11.8 Å². The van der Waals surface area contributed by atoms with Gasteiger partial charge in [0, 0.05) is 22.8 Å². The Morgan fingerprint density at radius 2 is 2.06 bits per heavy atom. The van der Waals surface area contributed by atoms with E-state index >= 15 is 0 Å². The molecule has 0 spiro atoms. The second kappa shape index (κ2) is 6.72. The van der Waals surface area contributed by atoms with E-state index in [4.69, 9.17) is 5.73 Å². The van der Waals surface area contributed by atoms with Crippen LogP contribution in [0.1, 0.15) is 14.6 Å². The summed E-state index contributed by atoms with van der Waals surface area (Å²) in [6, 6.07) is 8.49. The summed E-state index contributed by atoms with van der Waals surface area (Å²) >= 11 is 3.55. The summed E-state index contributed by atoms with van der Waals surface area (Å²) in [7, 11) is 2.14. The molecule has 0 atom stereocenters. The predicted molar refractivity (Wildman–Crippen MR) is 79.7 cm³/mol. The van der Waals surface area contributed by atoms with Crippen molar-refractivity contribution in [1.82, 2.24) is 4.90 Å².